The van der Waals surface area contributed by atoms with Crippen LogP contribution in [0.5, 0.6) is 0 Å². The average Bonchev–Trinajstić information content (AvgIpc) is 2.86. The van der Waals surface area contributed by atoms with Gasteiger partial charge in [-0.05, 0) is 50.3 Å². The van der Waals surface area contributed by atoms with Crippen molar-refractivity contribution in [3.05, 3.63) is 41.0 Å². The molecule has 0 aliphatic carbocycles. The summed E-state index contributed by atoms with van der Waals surface area (Å²) in [6.07, 6.45) is 5.88. The quantitative estimate of drug-likeness (QED) is 0.795. The van der Waals surface area contributed by atoms with Gasteiger partial charge in [-0.25, -0.2) is 9.59 Å². The highest BCUT2D eigenvalue weighted by Gasteiger charge is 2.41. The monoisotopic (exact) mass is 329 g/mol. The van der Waals surface area contributed by atoms with Gasteiger partial charge in [-0.1, -0.05) is 23.8 Å². The number of ether oxygens (including phenoxy) is 2. The molecular weight excluding hydrogens is 306 g/mol. The minimum absolute atomic E-state index is 0.175. The smallest absolute Gasteiger partial charge is 0.410 e. The number of carbonyl (C=O) groups excluding carboxylic acids is 2. The lowest BCUT2D eigenvalue weighted by atomic mass is 9.95. The lowest BCUT2D eigenvalue weighted by Crippen LogP contribution is -2.44. The van der Waals surface area contributed by atoms with Gasteiger partial charge in [0.2, 0.25) is 0 Å². The van der Waals surface area contributed by atoms with E-state index in [0.29, 0.717) is 12.2 Å². The van der Waals surface area contributed by atoms with Gasteiger partial charge >= 0.3 is 12.1 Å². The van der Waals surface area contributed by atoms with Crippen LogP contribution in [-0.4, -0.2) is 42.8 Å². The van der Waals surface area contributed by atoms with E-state index in [0.717, 1.165) is 31.2 Å². The molecule has 5 nitrogen and oxygen atoms in total. The molecule has 5 heteroatoms. The zero-order chi connectivity index (χ0) is 17.1. The highest BCUT2D eigenvalue weighted by atomic mass is 16.6. The van der Waals surface area contributed by atoms with Gasteiger partial charge in [-0.2, -0.15) is 0 Å². The Morgan fingerprint density at radius 1 is 1.17 bits per heavy atom. The molecule has 1 aromatic carbocycles. The first kappa shape index (κ1) is 16.6. The highest BCUT2D eigenvalue weighted by molar-refractivity contribution is 5.89. The molecule has 1 aromatic rings. The maximum atomic E-state index is 12.1. The van der Waals surface area contributed by atoms with Crippen molar-refractivity contribution in [3.63, 3.8) is 0 Å². The fourth-order valence-corrected chi connectivity index (χ4v) is 3.73. The van der Waals surface area contributed by atoms with E-state index >= 15 is 0 Å². The van der Waals surface area contributed by atoms with Crippen molar-refractivity contribution < 1.29 is 19.1 Å². The zero-order valence-corrected chi connectivity index (χ0v) is 14.2. The van der Waals surface area contributed by atoms with Crippen molar-refractivity contribution in [3.8, 4) is 0 Å². The first-order valence-electron chi connectivity index (χ1n) is 8.45. The lowest BCUT2D eigenvalue weighted by Gasteiger charge is -2.35. The normalized spacial score (nSPS) is 22.2. The van der Waals surface area contributed by atoms with E-state index in [1.165, 1.54) is 12.7 Å². The van der Waals surface area contributed by atoms with E-state index in [2.05, 4.69) is 6.08 Å². The third kappa shape index (κ3) is 3.30. The van der Waals surface area contributed by atoms with Crippen LogP contribution in [0.25, 0.3) is 6.08 Å². The van der Waals surface area contributed by atoms with Crippen LogP contribution in [0.3, 0.4) is 0 Å². The number of piperidine rings is 1. The first-order valence-corrected chi connectivity index (χ1v) is 8.45. The summed E-state index contributed by atoms with van der Waals surface area (Å²) in [5, 5.41) is 0. The molecule has 0 aromatic heterocycles. The second-order valence-electron chi connectivity index (χ2n) is 6.32. The van der Waals surface area contributed by atoms with Crippen LogP contribution < -0.4 is 0 Å². The fraction of sp³-hybridized carbons (Fsp3) is 0.474. The van der Waals surface area contributed by atoms with E-state index in [-0.39, 0.29) is 24.1 Å². The zero-order valence-electron chi connectivity index (χ0n) is 14.2. The van der Waals surface area contributed by atoms with Gasteiger partial charge in [-0.15, -0.1) is 0 Å². The number of amides is 1. The third-order valence-corrected chi connectivity index (χ3v) is 4.80. The standard InChI is InChI=1S/C19H23NO4/c1-3-24-19(22)20-16-8-9-17(20)12-14(11-16)10-13-4-6-15(7-5-13)18(21)23-2/h4-7,10,16-17H,3,8-9,11-12H2,1-2H3. The maximum absolute atomic E-state index is 12.1. The Balaban J connectivity index is 1.70. The molecule has 0 saturated carbocycles. The average molecular weight is 329 g/mol. The van der Waals surface area contributed by atoms with E-state index in [9.17, 15) is 9.59 Å². The van der Waals surface area contributed by atoms with Crippen LogP contribution >= 0.6 is 0 Å². The molecule has 0 spiro atoms. The summed E-state index contributed by atoms with van der Waals surface area (Å²) in [4.78, 5) is 25.5. The number of benzene rings is 1. The molecule has 2 atom stereocenters. The molecule has 2 saturated heterocycles. The maximum Gasteiger partial charge on any atom is 0.410 e. The van der Waals surface area contributed by atoms with Gasteiger partial charge in [0.05, 0.1) is 19.3 Å². The Hall–Kier alpha value is -2.30. The van der Waals surface area contributed by atoms with Crippen molar-refractivity contribution in [2.75, 3.05) is 13.7 Å². The Labute approximate surface area is 142 Å². The van der Waals surface area contributed by atoms with Gasteiger partial charge in [0.15, 0.2) is 0 Å². The van der Waals surface area contributed by atoms with E-state index in [4.69, 9.17) is 9.47 Å². The molecule has 2 bridgehead atoms. The number of hydrogen-bond acceptors (Lipinski definition) is 4. The highest BCUT2D eigenvalue weighted by Crippen LogP contribution is 2.39. The van der Waals surface area contributed by atoms with Crippen molar-refractivity contribution in [2.24, 2.45) is 0 Å². The largest absolute Gasteiger partial charge is 0.465 e. The third-order valence-electron chi connectivity index (χ3n) is 4.80. The summed E-state index contributed by atoms with van der Waals surface area (Å²) in [5.41, 5.74) is 2.98. The topological polar surface area (TPSA) is 55.8 Å². The molecule has 1 amide bonds. The molecule has 24 heavy (non-hydrogen) atoms. The Morgan fingerprint density at radius 2 is 1.79 bits per heavy atom. The number of fused-ring (bicyclic) bond motifs is 2. The van der Waals surface area contributed by atoms with Crippen LogP contribution in [-0.2, 0) is 9.47 Å². The molecule has 0 radical (unpaired) electrons. The van der Waals surface area contributed by atoms with Crippen molar-refractivity contribution in [1.82, 2.24) is 4.90 Å². The van der Waals surface area contributed by atoms with Gasteiger partial charge in [-0.3, -0.25) is 0 Å². The second-order valence-corrected chi connectivity index (χ2v) is 6.32. The predicted molar refractivity (Wildman–Crippen MR) is 90.7 cm³/mol. The molecule has 128 valence electrons. The van der Waals surface area contributed by atoms with Gasteiger partial charge in [0.25, 0.3) is 0 Å². The Morgan fingerprint density at radius 3 is 2.33 bits per heavy atom. The van der Waals surface area contributed by atoms with Gasteiger partial charge < -0.3 is 14.4 Å². The minimum Gasteiger partial charge on any atom is -0.465 e. The molecule has 3 rings (SSSR count). The van der Waals surface area contributed by atoms with Crippen LogP contribution in [0.2, 0.25) is 0 Å². The van der Waals surface area contributed by atoms with Crippen LogP contribution in [0.4, 0.5) is 4.79 Å². The summed E-state index contributed by atoms with van der Waals surface area (Å²) in [5.74, 6) is -0.324. The minimum atomic E-state index is -0.324. The SMILES string of the molecule is CCOC(=O)N1C2CCC1CC(=Cc1ccc(C(=O)OC)cc1)C2. The van der Waals surface area contributed by atoms with Crippen molar-refractivity contribution in [2.45, 2.75) is 44.7 Å². The molecule has 0 N–H and O–H groups in total. The van der Waals surface area contributed by atoms with E-state index in [1.807, 2.05) is 24.0 Å². The van der Waals surface area contributed by atoms with E-state index in [1.54, 1.807) is 12.1 Å². The molecule has 2 heterocycles. The summed E-state index contributed by atoms with van der Waals surface area (Å²) >= 11 is 0. The van der Waals surface area contributed by atoms with Crippen LogP contribution in [0, 0.1) is 0 Å². The lowest BCUT2D eigenvalue weighted by molar-refractivity contribution is 0.0600. The van der Waals surface area contributed by atoms with Gasteiger partial charge in [0.1, 0.15) is 0 Å². The fourth-order valence-electron chi connectivity index (χ4n) is 3.73. The molecule has 2 aliphatic rings. The first-order chi connectivity index (χ1) is 11.6. The number of methoxy groups -OCH3 is 1. The number of nitrogens with zero attached hydrogens (tertiary/aromatic N) is 1. The Kier molecular flexibility index (Phi) is 4.88. The second kappa shape index (κ2) is 7.07. The molecule has 2 unspecified atom stereocenters. The number of hydrogen-bond donors (Lipinski definition) is 0. The van der Waals surface area contributed by atoms with E-state index < -0.39 is 0 Å². The number of carbonyl (C=O) groups is 2. The Bertz CT molecular complexity index is 634. The van der Waals surface area contributed by atoms with Crippen molar-refractivity contribution >= 4 is 18.1 Å². The molecular formula is C19H23NO4. The van der Waals surface area contributed by atoms with Crippen molar-refractivity contribution in [1.29, 1.82) is 0 Å². The van der Waals surface area contributed by atoms with Crippen LogP contribution in [0.15, 0.2) is 29.8 Å². The van der Waals surface area contributed by atoms with Gasteiger partial charge in [0, 0.05) is 12.1 Å². The van der Waals surface area contributed by atoms with Crippen LogP contribution in [0.1, 0.15) is 48.5 Å². The number of esters is 1. The molecule has 2 aliphatic heterocycles. The summed E-state index contributed by atoms with van der Waals surface area (Å²) in [6.45, 7) is 2.26. The molecule has 2 fully saturated rings. The predicted octanol–water partition coefficient (Wildman–Crippen LogP) is 3.64. The number of rotatable bonds is 3. The summed E-state index contributed by atoms with van der Waals surface area (Å²) in [6, 6.07) is 7.92. The summed E-state index contributed by atoms with van der Waals surface area (Å²) in [7, 11) is 1.38. The summed E-state index contributed by atoms with van der Waals surface area (Å²) < 4.78 is 9.90.